The number of halogens is 3. The lowest BCUT2D eigenvalue weighted by Gasteiger charge is -2.33. The molecule has 2 amide bonds. The summed E-state index contributed by atoms with van der Waals surface area (Å²) in [6.45, 7) is -0.0216. The van der Waals surface area contributed by atoms with E-state index in [4.69, 9.17) is 11.6 Å². The molecule has 0 heterocycles. The van der Waals surface area contributed by atoms with Crippen LogP contribution < -0.4 is 9.62 Å². The van der Waals surface area contributed by atoms with Crippen LogP contribution in [0.4, 0.5) is 14.5 Å². The third-order valence-electron chi connectivity index (χ3n) is 7.56. The Bertz CT molecular complexity index is 1520. The average Bonchev–Trinajstić information content (AvgIpc) is 3.47. The van der Waals surface area contributed by atoms with E-state index in [1.807, 2.05) is 36.4 Å². The van der Waals surface area contributed by atoms with Crippen molar-refractivity contribution in [3.05, 3.63) is 101 Å². The molecule has 0 radical (unpaired) electrons. The third kappa shape index (κ3) is 9.24. The average molecular weight is 632 g/mol. The van der Waals surface area contributed by atoms with Gasteiger partial charge in [0.25, 0.3) is 0 Å². The van der Waals surface area contributed by atoms with Gasteiger partial charge in [-0.1, -0.05) is 66.9 Å². The Kier molecular flexibility index (Phi) is 11.2. The van der Waals surface area contributed by atoms with Crippen LogP contribution in [0, 0.1) is 11.6 Å². The van der Waals surface area contributed by atoms with Crippen molar-refractivity contribution in [2.45, 2.75) is 63.6 Å². The summed E-state index contributed by atoms with van der Waals surface area (Å²) in [5, 5.41) is 3.64. The van der Waals surface area contributed by atoms with Crippen LogP contribution in [-0.4, -0.2) is 50.0 Å². The van der Waals surface area contributed by atoms with Gasteiger partial charge in [0.1, 0.15) is 6.04 Å². The lowest BCUT2D eigenvalue weighted by molar-refractivity contribution is -0.141. The standard InChI is InChI=1S/C32H36ClF2N3O4S/c1-43(41,42)38(27-16-17-28(34)29(35)21-27)18-8-15-31(39)37(22-24-11-7-12-25(33)19-24)30(20-23-9-3-2-4-10-23)32(40)36-26-13-5-6-14-26/h2-4,7,9-12,16-17,19,21,26,30H,5-6,8,13-15,18,20,22H2,1H3,(H,36,40)/t30-/m0/s1. The lowest BCUT2D eigenvalue weighted by atomic mass is 10.0. The maximum absolute atomic E-state index is 13.9. The number of benzene rings is 3. The van der Waals surface area contributed by atoms with Gasteiger partial charge in [0, 0.05) is 43.1 Å². The van der Waals surface area contributed by atoms with Crippen LogP contribution in [0.3, 0.4) is 0 Å². The molecule has 3 aromatic rings. The van der Waals surface area contributed by atoms with E-state index in [1.165, 1.54) is 11.0 Å². The third-order valence-corrected chi connectivity index (χ3v) is 8.99. The van der Waals surface area contributed by atoms with Gasteiger partial charge in [-0.05, 0) is 54.7 Å². The minimum Gasteiger partial charge on any atom is -0.352 e. The highest BCUT2D eigenvalue weighted by atomic mass is 35.5. The first-order valence-electron chi connectivity index (χ1n) is 14.3. The molecule has 0 saturated heterocycles. The molecule has 11 heteroatoms. The van der Waals surface area contributed by atoms with Gasteiger partial charge in [-0.3, -0.25) is 13.9 Å². The number of sulfonamides is 1. The second-order valence-electron chi connectivity index (χ2n) is 10.9. The van der Waals surface area contributed by atoms with Gasteiger partial charge < -0.3 is 10.2 Å². The molecule has 0 spiro atoms. The number of carbonyl (C=O) groups is 2. The number of rotatable bonds is 13. The fourth-order valence-corrected chi connectivity index (χ4v) is 6.57. The van der Waals surface area contributed by atoms with Crippen LogP contribution in [0.2, 0.25) is 5.02 Å². The minimum absolute atomic E-state index is 0.0393. The van der Waals surface area contributed by atoms with E-state index in [1.54, 1.807) is 18.2 Å². The van der Waals surface area contributed by atoms with Gasteiger partial charge in [0.05, 0.1) is 11.9 Å². The van der Waals surface area contributed by atoms with E-state index >= 15 is 0 Å². The zero-order valence-electron chi connectivity index (χ0n) is 24.0. The molecule has 1 saturated carbocycles. The Morgan fingerprint density at radius 2 is 1.65 bits per heavy atom. The van der Waals surface area contributed by atoms with Crippen LogP contribution in [0.25, 0.3) is 0 Å². The van der Waals surface area contributed by atoms with Crippen LogP contribution in [0.15, 0.2) is 72.8 Å². The highest BCUT2D eigenvalue weighted by molar-refractivity contribution is 7.92. The Hall–Kier alpha value is -3.50. The Morgan fingerprint density at radius 3 is 2.30 bits per heavy atom. The second-order valence-corrected chi connectivity index (χ2v) is 13.2. The molecule has 1 fully saturated rings. The van der Waals surface area contributed by atoms with Gasteiger partial charge >= 0.3 is 0 Å². The largest absolute Gasteiger partial charge is 0.352 e. The molecular formula is C32H36ClF2N3O4S. The van der Waals surface area contributed by atoms with Crippen molar-refractivity contribution in [2.75, 3.05) is 17.1 Å². The number of nitrogens with one attached hydrogen (secondary N) is 1. The summed E-state index contributed by atoms with van der Waals surface area (Å²) in [5.74, 6) is -2.86. The second kappa shape index (κ2) is 14.8. The molecule has 1 aliphatic carbocycles. The normalized spacial score (nSPS) is 14.3. The van der Waals surface area contributed by atoms with Crippen molar-refractivity contribution in [2.24, 2.45) is 0 Å². The van der Waals surface area contributed by atoms with E-state index in [0.717, 1.165) is 59.5 Å². The summed E-state index contributed by atoms with van der Waals surface area (Å²) in [4.78, 5) is 29.2. The quantitative estimate of drug-likeness (QED) is 0.256. The summed E-state index contributed by atoms with van der Waals surface area (Å²) in [6.07, 6.45) is 5.09. The van der Waals surface area contributed by atoms with Gasteiger partial charge in [-0.25, -0.2) is 17.2 Å². The summed E-state index contributed by atoms with van der Waals surface area (Å²) in [5.41, 5.74) is 1.59. The predicted molar refractivity (Wildman–Crippen MR) is 164 cm³/mol. The Balaban J connectivity index is 1.59. The highest BCUT2D eigenvalue weighted by Gasteiger charge is 2.32. The van der Waals surface area contributed by atoms with Crippen molar-refractivity contribution in [1.29, 1.82) is 0 Å². The number of nitrogens with zero attached hydrogens (tertiary/aromatic N) is 2. The van der Waals surface area contributed by atoms with Crippen molar-refractivity contribution < 1.29 is 26.8 Å². The lowest BCUT2D eigenvalue weighted by Crippen LogP contribution is -2.52. The smallest absolute Gasteiger partial charge is 0.243 e. The fourth-order valence-electron chi connectivity index (χ4n) is 5.40. The van der Waals surface area contributed by atoms with E-state index in [0.29, 0.717) is 5.02 Å². The molecule has 230 valence electrons. The van der Waals surface area contributed by atoms with Crippen LogP contribution in [0.5, 0.6) is 0 Å². The Labute approximate surface area is 256 Å². The zero-order valence-corrected chi connectivity index (χ0v) is 25.6. The van der Waals surface area contributed by atoms with Crippen LogP contribution >= 0.6 is 11.6 Å². The molecule has 1 N–H and O–H groups in total. The van der Waals surface area contributed by atoms with Gasteiger partial charge in [-0.15, -0.1) is 0 Å². The molecular weight excluding hydrogens is 596 g/mol. The first-order valence-corrected chi connectivity index (χ1v) is 16.5. The number of hydrogen-bond acceptors (Lipinski definition) is 4. The molecule has 0 aromatic heterocycles. The number of carbonyl (C=O) groups excluding carboxylic acids is 2. The van der Waals surface area contributed by atoms with E-state index in [-0.39, 0.29) is 55.9 Å². The van der Waals surface area contributed by atoms with Crippen molar-refractivity contribution in [3.8, 4) is 0 Å². The molecule has 7 nitrogen and oxygen atoms in total. The molecule has 4 rings (SSSR count). The number of amides is 2. The fraction of sp³-hybridized carbons (Fsp3) is 0.375. The molecule has 0 bridgehead atoms. The summed E-state index contributed by atoms with van der Waals surface area (Å²) < 4.78 is 53.4. The van der Waals surface area contributed by atoms with Gasteiger partial charge in [0.2, 0.25) is 21.8 Å². The summed E-state index contributed by atoms with van der Waals surface area (Å²) >= 11 is 6.24. The van der Waals surface area contributed by atoms with Crippen LogP contribution in [-0.2, 0) is 32.6 Å². The van der Waals surface area contributed by atoms with Gasteiger partial charge in [-0.2, -0.15) is 0 Å². The maximum atomic E-state index is 13.9. The van der Waals surface area contributed by atoms with Crippen molar-refractivity contribution in [1.82, 2.24) is 10.2 Å². The molecule has 1 aliphatic rings. The molecule has 43 heavy (non-hydrogen) atoms. The maximum Gasteiger partial charge on any atom is 0.243 e. The predicted octanol–water partition coefficient (Wildman–Crippen LogP) is 5.86. The van der Waals surface area contributed by atoms with Crippen molar-refractivity contribution >= 4 is 39.1 Å². The SMILES string of the molecule is CS(=O)(=O)N(CCCC(=O)N(Cc1cccc(Cl)c1)[C@@H](Cc1ccccc1)C(=O)NC1CCCC1)c1ccc(F)c(F)c1. The summed E-state index contributed by atoms with van der Waals surface area (Å²) in [6, 6.07) is 18.6. The Morgan fingerprint density at radius 1 is 0.953 bits per heavy atom. The van der Waals surface area contributed by atoms with E-state index in [2.05, 4.69) is 5.32 Å². The minimum atomic E-state index is -3.86. The van der Waals surface area contributed by atoms with E-state index in [9.17, 15) is 26.8 Å². The topological polar surface area (TPSA) is 86.8 Å². The summed E-state index contributed by atoms with van der Waals surface area (Å²) in [7, 11) is -3.86. The number of anilines is 1. The monoisotopic (exact) mass is 631 g/mol. The molecule has 3 aromatic carbocycles. The molecule has 0 aliphatic heterocycles. The van der Waals surface area contributed by atoms with Crippen LogP contribution in [0.1, 0.15) is 49.7 Å². The zero-order chi connectivity index (χ0) is 31.0. The highest BCUT2D eigenvalue weighted by Crippen LogP contribution is 2.24. The molecule has 1 atom stereocenters. The van der Waals surface area contributed by atoms with Crippen molar-refractivity contribution in [3.63, 3.8) is 0 Å². The molecule has 0 unspecified atom stereocenters. The first kappa shape index (κ1) is 32.4. The van der Waals surface area contributed by atoms with E-state index < -0.39 is 27.7 Å². The number of hydrogen-bond donors (Lipinski definition) is 1. The van der Waals surface area contributed by atoms with Gasteiger partial charge in [0.15, 0.2) is 11.6 Å². The first-order chi connectivity index (χ1) is 20.5.